The quantitative estimate of drug-likeness (QED) is 0.778. The Bertz CT molecular complexity index is 372. The van der Waals surface area contributed by atoms with Crippen molar-refractivity contribution in [2.45, 2.75) is 33.2 Å². The van der Waals surface area contributed by atoms with Crippen LogP contribution in [0.25, 0.3) is 0 Å². The van der Waals surface area contributed by atoms with Gasteiger partial charge in [0, 0.05) is 31.9 Å². The summed E-state index contributed by atoms with van der Waals surface area (Å²) in [6.45, 7) is 10.2. The molecule has 18 heavy (non-hydrogen) atoms. The molecule has 2 rings (SSSR count). The van der Waals surface area contributed by atoms with Crippen molar-refractivity contribution in [2.75, 3.05) is 26.2 Å². The van der Waals surface area contributed by atoms with Crippen LogP contribution in [0, 0.1) is 12.8 Å². The smallest absolute Gasteiger partial charge is 0.0638 e. The summed E-state index contributed by atoms with van der Waals surface area (Å²) in [4.78, 5) is 2.56. The predicted molar refractivity (Wildman–Crippen MR) is 74.5 cm³/mol. The monoisotopic (exact) mass is 250 g/mol. The summed E-state index contributed by atoms with van der Waals surface area (Å²) >= 11 is 0. The second-order valence-electron chi connectivity index (χ2n) is 5.51. The fourth-order valence-electron chi connectivity index (χ4n) is 2.75. The van der Waals surface area contributed by atoms with E-state index in [1.165, 1.54) is 43.7 Å². The van der Waals surface area contributed by atoms with Crippen LogP contribution in [0.4, 0.5) is 0 Å². The highest BCUT2D eigenvalue weighted by Crippen LogP contribution is 2.19. The maximum absolute atomic E-state index is 4.41. The van der Waals surface area contributed by atoms with Crippen molar-refractivity contribution in [3.8, 4) is 0 Å². The van der Waals surface area contributed by atoms with Gasteiger partial charge in [-0.1, -0.05) is 6.92 Å². The van der Waals surface area contributed by atoms with E-state index in [-0.39, 0.29) is 0 Å². The lowest BCUT2D eigenvalue weighted by molar-refractivity contribution is 0.313. The lowest BCUT2D eigenvalue weighted by Crippen LogP contribution is -2.26. The fraction of sp³-hybridized carbons (Fsp3) is 0.786. The van der Waals surface area contributed by atoms with Crippen LogP contribution in [0.15, 0.2) is 6.20 Å². The van der Waals surface area contributed by atoms with Gasteiger partial charge in [-0.3, -0.25) is 9.58 Å². The van der Waals surface area contributed by atoms with Crippen molar-refractivity contribution in [3.63, 3.8) is 0 Å². The Morgan fingerprint density at radius 2 is 2.33 bits per heavy atom. The number of aromatic nitrogens is 2. The molecule has 1 fully saturated rings. The van der Waals surface area contributed by atoms with E-state index in [2.05, 4.69) is 35.4 Å². The Morgan fingerprint density at radius 3 is 3.00 bits per heavy atom. The summed E-state index contributed by atoms with van der Waals surface area (Å²) in [5, 5.41) is 7.94. The van der Waals surface area contributed by atoms with E-state index in [1.807, 2.05) is 11.7 Å². The largest absolute Gasteiger partial charge is 0.316 e. The molecule has 1 aromatic heterocycles. The third kappa shape index (κ3) is 3.56. The van der Waals surface area contributed by atoms with Gasteiger partial charge in [-0.15, -0.1) is 0 Å². The predicted octanol–water partition coefficient (Wildman–Crippen LogP) is 1.55. The molecule has 0 radical (unpaired) electrons. The first-order valence-electron chi connectivity index (χ1n) is 7.11. The molecule has 0 amide bonds. The van der Waals surface area contributed by atoms with Crippen LogP contribution in [0.5, 0.6) is 0 Å². The van der Waals surface area contributed by atoms with Crippen molar-refractivity contribution < 1.29 is 0 Å². The van der Waals surface area contributed by atoms with Gasteiger partial charge in [0.2, 0.25) is 0 Å². The molecule has 0 bridgehead atoms. The number of hydrogen-bond donors (Lipinski definition) is 1. The van der Waals surface area contributed by atoms with Gasteiger partial charge in [0.1, 0.15) is 0 Å². The minimum absolute atomic E-state index is 0.827. The first kappa shape index (κ1) is 13.6. The Balaban J connectivity index is 1.77. The molecule has 1 saturated heterocycles. The van der Waals surface area contributed by atoms with E-state index >= 15 is 0 Å². The Labute approximate surface area is 110 Å². The normalized spacial score (nSPS) is 20.7. The molecule has 102 valence electrons. The summed E-state index contributed by atoms with van der Waals surface area (Å²) in [6, 6.07) is 0. The van der Waals surface area contributed by atoms with Gasteiger partial charge < -0.3 is 5.32 Å². The number of rotatable bonds is 6. The first-order chi connectivity index (χ1) is 8.69. The van der Waals surface area contributed by atoms with Crippen molar-refractivity contribution in [3.05, 3.63) is 17.5 Å². The topological polar surface area (TPSA) is 33.1 Å². The van der Waals surface area contributed by atoms with Crippen molar-refractivity contribution in [2.24, 2.45) is 13.0 Å². The molecule has 0 spiro atoms. The molecular weight excluding hydrogens is 224 g/mol. The molecule has 1 aromatic rings. The van der Waals surface area contributed by atoms with Crippen LogP contribution in [-0.2, 0) is 13.6 Å². The zero-order valence-corrected chi connectivity index (χ0v) is 11.9. The lowest BCUT2D eigenvalue weighted by atomic mass is 10.1. The van der Waals surface area contributed by atoms with Crippen LogP contribution in [-0.4, -0.2) is 40.9 Å². The van der Waals surface area contributed by atoms with Gasteiger partial charge in [-0.25, -0.2) is 0 Å². The van der Waals surface area contributed by atoms with E-state index in [9.17, 15) is 0 Å². The van der Waals surface area contributed by atoms with Gasteiger partial charge in [0.25, 0.3) is 0 Å². The van der Waals surface area contributed by atoms with Crippen molar-refractivity contribution >= 4 is 0 Å². The van der Waals surface area contributed by atoms with Gasteiger partial charge in [0.05, 0.1) is 5.69 Å². The minimum atomic E-state index is 0.827. The second kappa shape index (κ2) is 6.34. The summed E-state index contributed by atoms with van der Waals surface area (Å²) in [6.07, 6.45) is 4.71. The summed E-state index contributed by atoms with van der Waals surface area (Å²) < 4.78 is 1.92. The Kier molecular flexibility index (Phi) is 4.78. The molecule has 4 heteroatoms. The number of nitrogens with one attached hydrogen (secondary N) is 1. The molecule has 1 atom stereocenters. The van der Waals surface area contributed by atoms with E-state index in [0.717, 1.165) is 19.0 Å². The van der Waals surface area contributed by atoms with Gasteiger partial charge >= 0.3 is 0 Å². The van der Waals surface area contributed by atoms with Crippen LogP contribution in [0.2, 0.25) is 0 Å². The van der Waals surface area contributed by atoms with E-state index in [1.54, 1.807) is 0 Å². The van der Waals surface area contributed by atoms with Crippen LogP contribution in [0.1, 0.15) is 31.0 Å². The zero-order valence-electron chi connectivity index (χ0n) is 11.9. The average molecular weight is 250 g/mol. The van der Waals surface area contributed by atoms with Gasteiger partial charge in [-0.05, 0) is 45.3 Å². The molecule has 4 nitrogen and oxygen atoms in total. The Morgan fingerprint density at radius 1 is 1.50 bits per heavy atom. The number of aryl methyl sites for hydroxylation is 2. The van der Waals surface area contributed by atoms with Crippen LogP contribution < -0.4 is 5.32 Å². The van der Waals surface area contributed by atoms with Crippen molar-refractivity contribution in [1.29, 1.82) is 0 Å². The molecule has 0 saturated carbocycles. The van der Waals surface area contributed by atoms with Crippen LogP contribution in [0.3, 0.4) is 0 Å². The highest BCUT2D eigenvalue weighted by atomic mass is 15.3. The third-order valence-electron chi connectivity index (χ3n) is 3.74. The first-order valence-corrected chi connectivity index (χ1v) is 7.11. The molecule has 1 N–H and O–H groups in total. The number of likely N-dealkylation sites (tertiary alicyclic amines) is 1. The molecular formula is C14H26N4. The molecule has 2 heterocycles. The van der Waals surface area contributed by atoms with Gasteiger partial charge in [-0.2, -0.15) is 5.10 Å². The molecule has 1 unspecified atom stereocenters. The zero-order chi connectivity index (χ0) is 13.0. The molecule has 1 aliphatic rings. The highest BCUT2D eigenvalue weighted by Gasteiger charge is 2.22. The van der Waals surface area contributed by atoms with E-state index in [4.69, 9.17) is 0 Å². The van der Waals surface area contributed by atoms with E-state index in [0.29, 0.717) is 0 Å². The minimum Gasteiger partial charge on any atom is -0.316 e. The average Bonchev–Trinajstić information content (AvgIpc) is 2.88. The van der Waals surface area contributed by atoms with Crippen molar-refractivity contribution in [1.82, 2.24) is 20.0 Å². The molecule has 0 aliphatic carbocycles. The summed E-state index contributed by atoms with van der Waals surface area (Å²) in [7, 11) is 2.00. The standard InChI is InChI=1S/C14H26N4/c1-4-6-15-8-13-5-7-18(9-13)11-14-10-17(3)16-12(14)2/h10,13,15H,4-9,11H2,1-3H3. The number of nitrogens with zero attached hydrogens (tertiary/aromatic N) is 3. The Hall–Kier alpha value is -0.870. The summed E-state index contributed by atoms with van der Waals surface area (Å²) in [5.41, 5.74) is 2.55. The third-order valence-corrected chi connectivity index (χ3v) is 3.74. The highest BCUT2D eigenvalue weighted by molar-refractivity contribution is 5.15. The summed E-state index contributed by atoms with van der Waals surface area (Å²) in [5.74, 6) is 0.827. The lowest BCUT2D eigenvalue weighted by Gasteiger charge is -2.15. The van der Waals surface area contributed by atoms with Crippen LogP contribution >= 0.6 is 0 Å². The van der Waals surface area contributed by atoms with E-state index < -0.39 is 0 Å². The SMILES string of the molecule is CCCNCC1CCN(Cc2cn(C)nc2C)C1. The van der Waals surface area contributed by atoms with Gasteiger partial charge in [0.15, 0.2) is 0 Å². The second-order valence-corrected chi connectivity index (χ2v) is 5.51. The molecule has 0 aromatic carbocycles. The fourth-order valence-corrected chi connectivity index (χ4v) is 2.75. The number of hydrogen-bond acceptors (Lipinski definition) is 3. The molecule has 1 aliphatic heterocycles. The maximum atomic E-state index is 4.41. The maximum Gasteiger partial charge on any atom is 0.0638 e.